The van der Waals surface area contributed by atoms with E-state index < -0.39 is 7.60 Å². The zero-order chi connectivity index (χ0) is 29.0. The lowest BCUT2D eigenvalue weighted by molar-refractivity contribution is -0.168. The molecule has 1 aromatic heterocycles. The molecule has 1 fully saturated rings. The number of aromatic nitrogens is 1. The third-order valence-electron chi connectivity index (χ3n) is 8.05. The molecule has 0 radical (unpaired) electrons. The lowest BCUT2D eigenvalue weighted by Crippen LogP contribution is -2.21. The predicted octanol–water partition coefficient (Wildman–Crippen LogP) is 7.22. The van der Waals surface area contributed by atoms with E-state index in [0.717, 1.165) is 78.5 Å². The van der Waals surface area contributed by atoms with Crippen LogP contribution in [0.15, 0.2) is 66.7 Å². The van der Waals surface area contributed by atoms with E-state index in [9.17, 15) is 14.4 Å². The van der Waals surface area contributed by atoms with Gasteiger partial charge in [-0.2, -0.15) is 0 Å². The van der Waals surface area contributed by atoms with E-state index in [1.807, 2.05) is 48.5 Å². The van der Waals surface area contributed by atoms with E-state index in [1.165, 1.54) is 11.1 Å². The fourth-order valence-corrected chi connectivity index (χ4v) is 6.71. The molecular formula is C34H40NO5P. The van der Waals surface area contributed by atoms with Gasteiger partial charge in [0.1, 0.15) is 0 Å². The quantitative estimate of drug-likeness (QED) is 0.195. The van der Waals surface area contributed by atoms with E-state index in [4.69, 9.17) is 14.5 Å². The Hall–Kier alpha value is -2.86. The molecule has 5 rings (SSSR count). The smallest absolute Gasteiger partial charge is 0.353 e. The van der Waals surface area contributed by atoms with Gasteiger partial charge in [0.2, 0.25) is 0 Å². The van der Waals surface area contributed by atoms with Gasteiger partial charge in [-0.15, -0.1) is 0 Å². The first-order valence-electron chi connectivity index (χ1n) is 14.7. The fraction of sp³-hybridized carbons (Fsp3) is 0.382. The van der Waals surface area contributed by atoms with Crippen LogP contribution in [0, 0.1) is 0 Å². The molecule has 0 amide bonds. The Labute approximate surface area is 242 Å². The summed E-state index contributed by atoms with van der Waals surface area (Å²) in [6.07, 6.45) is 5.33. The Morgan fingerprint density at radius 1 is 0.951 bits per heavy atom. The maximum absolute atomic E-state index is 12.9. The highest BCUT2D eigenvalue weighted by Crippen LogP contribution is 2.41. The van der Waals surface area contributed by atoms with Gasteiger partial charge in [-0.05, 0) is 84.0 Å². The van der Waals surface area contributed by atoms with Crippen LogP contribution < -0.4 is 5.30 Å². The molecule has 1 aliphatic rings. The van der Waals surface area contributed by atoms with Crippen molar-refractivity contribution in [1.82, 2.24) is 4.98 Å². The van der Waals surface area contributed by atoms with Crippen LogP contribution in [-0.4, -0.2) is 27.7 Å². The van der Waals surface area contributed by atoms with Gasteiger partial charge < -0.3 is 19.3 Å². The lowest BCUT2D eigenvalue weighted by Gasteiger charge is -2.23. The Balaban J connectivity index is 1.54. The second-order valence-corrected chi connectivity index (χ2v) is 12.6. The molecule has 1 saturated heterocycles. The first kappa shape index (κ1) is 29.6. The van der Waals surface area contributed by atoms with Crippen LogP contribution in [0.2, 0.25) is 0 Å². The third kappa shape index (κ3) is 6.80. The molecule has 2 unspecified atom stereocenters. The molecule has 0 aliphatic carbocycles. The molecule has 6 nitrogen and oxygen atoms in total. The minimum Gasteiger partial charge on any atom is -0.353 e. The molecule has 2 atom stereocenters. The highest BCUT2D eigenvalue weighted by atomic mass is 31.2. The van der Waals surface area contributed by atoms with E-state index in [2.05, 4.69) is 32.9 Å². The first-order valence-corrected chi connectivity index (χ1v) is 16.3. The van der Waals surface area contributed by atoms with Gasteiger partial charge in [0.05, 0.1) is 17.4 Å². The van der Waals surface area contributed by atoms with Crippen LogP contribution in [0.3, 0.4) is 0 Å². The largest absolute Gasteiger partial charge is 0.358 e. The van der Waals surface area contributed by atoms with Crippen molar-refractivity contribution >= 4 is 23.8 Å². The summed E-state index contributed by atoms with van der Waals surface area (Å²) in [4.78, 5) is 26.0. The summed E-state index contributed by atoms with van der Waals surface area (Å²) in [7, 11) is -4.61. The Kier molecular flexibility index (Phi) is 9.38. The topological polar surface area (TPSA) is 88.9 Å². The van der Waals surface area contributed by atoms with Gasteiger partial charge in [-0.1, -0.05) is 75.4 Å². The highest BCUT2D eigenvalue weighted by molar-refractivity contribution is 7.60. The van der Waals surface area contributed by atoms with Gasteiger partial charge in [0.25, 0.3) is 0 Å². The summed E-state index contributed by atoms with van der Waals surface area (Å²) in [5.41, 5.74) is 7.52. The van der Waals surface area contributed by atoms with Crippen LogP contribution >= 0.6 is 7.60 Å². The summed E-state index contributed by atoms with van der Waals surface area (Å²) in [5.74, 6) is 0.0973. The fourth-order valence-electron chi connectivity index (χ4n) is 5.96. The Morgan fingerprint density at radius 3 is 2.32 bits per heavy atom. The summed E-state index contributed by atoms with van der Waals surface area (Å²) < 4.78 is 24.5. The first-order chi connectivity index (χ1) is 19.8. The normalized spacial score (nSPS) is 16.7. The minimum atomic E-state index is -4.61. The van der Waals surface area contributed by atoms with Crippen molar-refractivity contribution in [2.45, 2.75) is 78.1 Å². The molecule has 2 N–H and O–H groups in total. The van der Waals surface area contributed by atoms with Gasteiger partial charge in [-0.3, -0.25) is 9.55 Å². The maximum Gasteiger partial charge on any atom is 0.358 e. The molecule has 3 aromatic carbocycles. The molecule has 1 aliphatic heterocycles. The van der Waals surface area contributed by atoms with Crippen LogP contribution in [-0.2, 0) is 39.9 Å². The van der Waals surface area contributed by atoms with Gasteiger partial charge in [-0.25, -0.2) is 0 Å². The van der Waals surface area contributed by atoms with Gasteiger partial charge in [0.15, 0.2) is 6.29 Å². The minimum absolute atomic E-state index is 0.0163. The second kappa shape index (κ2) is 13.0. The number of benzene rings is 3. The Bertz CT molecular complexity index is 1530. The number of rotatable bonds is 10. The van der Waals surface area contributed by atoms with Crippen molar-refractivity contribution in [2.75, 3.05) is 6.61 Å². The zero-order valence-electron chi connectivity index (χ0n) is 24.2. The van der Waals surface area contributed by atoms with Gasteiger partial charge >= 0.3 is 7.60 Å². The van der Waals surface area contributed by atoms with E-state index in [0.29, 0.717) is 12.1 Å². The van der Waals surface area contributed by atoms with Crippen molar-refractivity contribution in [1.29, 1.82) is 0 Å². The van der Waals surface area contributed by atoms with Crippen LogP contribution in [0.25, 0.3) is 22.0 Å². The van der Waals surface area contributed by atoms with E-state index >= 15 is 0 Å². The number of hydrogen-bond donors (Lipinski definition) is 2. The molecule has 0 spiro atoms. The molecule has 7 heteroatoms. The van der Waals surface area contributed by atoms with E-state index in [-0.39, 0.29) is 17.5 Å². The standard InChI is InChI=1S/C34H40NO5P/c1-4-28-29(5-2)33(23(3)19-24-11-7-6-8-12-24)35-34-30(28)20-27(21-31(34)41(36,37)38)26-16-14-25(15-17-26)22-40-32-13-9-10-18-39-32/h6-8,11-12,14-17,20-21,23,32H,4-5,9-10,13,18-19,22H2,1-3H3,(H2,36,37,38). The summed E-state index contributed by atoms with van der Waals surface area (Å²) in [6.45, 7) is 7.60. The van der Waals surface area contributed by atoms with Gasteiger partial charge in [0, 0.05) is 23.6 Å². The second-order valence-electron chi connectivity index (χ2n) is 11.0. The van der Waals surface area contributed by atoms with Crippen molar-refractivity contribution in [3.05, 3.63) is 94.7 Å². The SMILES string of the molecule is CCc1c(C(C)Cc2ccccc2)nc2c(P(=O)(O)O)cc(-c3ccc(COC4CCCCO4)cc3)cc2c1CC. The number of hydrogen-bond acceptors (Lipinski definition) is 4. The average Bonchev–Trinajstić information content (AvgIpc) is 2.99. The summed E-state index contributed by atoms with van der Waals surface area (Å²) in [5, 5.41) is 0.801. The number of ether oxygens (including phenoxy) is 2. The Morgan fingerprint density at radius 2 is 1.68 bits per heavy atom. The molecule has 4 aromatic rings. The van der Waals surface area contributed by atoms with Crippen molar-refractivity contribution in [3.63, 3.8) is 0 Å². The maximum atomic E-state index is 12.9. The molecule has 2 heterocycles. The summed E-state index contributed by atoms with van der Waals surface area (Å²) in [6, 6.07) is 21.9. The molecule has 0 saturated carbocycles. The zero-order valence-corrected chi connectivity index (χ0v) is 25.1. The molecular weight excluding hydrogens is 533 g/mol. The average molecular weight is 574 g/mol. The number of nitrogens with zero attached hydrogens (tertiary/aromatic N) is 1. The van der Waals surface area contributed by atoms with Crippen LogP contribution in [0.5, 0.6) is 0 Å². The molecule has 0 bridgehead atoms. The van der Waals surface area contributed by atoms with Crippen molar-refractivity contribution in [3.8, 4) is 11.1 Å². The summed E-state index contributed by atoms with van der Waals surface area (Å²) >= 11 is 0. The van der Waals surface area contributed by atoms with E-state index in [1.54, 1.807) is 6.07 Å². The lowest BCUT2D eigenvalue weighted by atomic mass is 9.88. The predicted molar refractivity (Wildman–Crippen MR) is 165 cm³/mol. The number of pyridine rings is 1. The number of aryl methyl sites for hydroxylation is 1. The van der Waals surface area contributed by atoms with Crippen molar-refractivity contribution in [2.24, 2.45) is 0 Å². The molecule has 41 heavy (non-hydrogen) atoms. The van der Waals surface area contributed by atoms with Crippen LogP contribution in [0.4, 0.5) is 0 Å². The van der Waals surface area contributed by atoms with Crippen LogP contribution in [0.1, 0.15) is 73.9 Å². The third-order valence-corrected chi connectivity index (χ3v) is 9.02. The van der Waals surface area contributed by atoms with Crippen molar-refractivity contribution < 1.29 is 23.8 Å². The monoisotopic (exact) mass is 573 g/mol. The molecule has 216 valence electrons. The highest BCUT2D eigenvalue weighted by Gasteiger charge is 2.27. The number of fused-ring (bicyclic) bond motifs is 1.